The lowest BCUT2D eigenvalue weighted by atomic mass is 9.71. The fourth-order valence-corrected chi connectivity index (χ4v) is 4.62. The van der Waals surface area contributed by atoms with Crippen LogP contribution in [-0.2, 0) is 0 Å². The van der Waals surface area contributed by atoms with E-state index in [9.17, 15) is 9.90 Å². The molecule has 4 rings (SSSR count). The molecule has 142 valence electrons. The van der Waals surface area contributed by atoms with E-state index in [0.717, 1.165) is 36.8 Å². The van der Waals surface area contributed by atoms with Gasteiger partial charge in [-0.15, -0.1) is 0 Å². The smallest absolute Gasteiger partial charge is 0.318 e. The number of nitrogens with zero attached hydrogens (tertiary/aromatic N) is 1. The average Bonchev–Trinajstić information content (AvgIpc) is 2.72. The third-order valence-corrected chi connectivity index (χ3v) is 6.25. The topological polar surface area (TPSA) is 52.6 Å². The van der Waals surface area contributed by atoms with Gasteiger partial charge in [0.05, 0.1) is 11.6 Å². The van der Waals surface area contributed by atoms with E-state index in [0.29, 0.717) is 19.5 Å². The SMILES string of the molecule is O=C(NC(c1ccccc1)c1ccccc1)N1CC[C@@]2(O)CCCC[C@H]2C1. The lowest BCUT2D eigenvalue weighted by Crippen LogP contribution is -2.56. The molecule has 0 spiro atoms. The van der Waals surface area contributed by atoms with E-state index in [1.54, 1.807) is 0 Å². The van der Waals surface area contributed by atoms with Crippen molar-refractivity contribution >= 4 is 6.03 Å². The molecular formula is C23H28N2O2. The van der Waals surface area contributed by atoms with Crippen LogP contribution >= 0.6 is 0 Å². The summed E-state index contributed by atoms with van der Waals surface area (Å²) in [6.45, 7) is 1.27. The maximum Gasteiger partial charge on any atom is 0.318 e. The number of rotatable bonds is 3. The Morgan fingerprint density at radius 1 is 1.00 bits per heavy atom. The Morgan fingerprint density at radius 2 is 1.63 bits per heavy atom. The van der Waals surface area contributed by atoms with E-state index in [1.165, 1.54) is 0 Å². The van der Waals surface area contributed by atoms with E-state index in [-0.39, 0.29) is 18.0 Å². The molecule has 2 aliphatic rings. The molecule has 4 heteroatoms. The van der Waals surface area contributed by atoms with E-state index in [2.05, 4.69) is 5.32 Å². The number of hydrogen-bond donors (Lipinski definition) is 2. The molecule has 1 heterocycles. The molecule has 1 aliphatic heterocycles. The van der Waals surface area contributed by atoms with Crippen molar-refractivity contribution < 1.29 is 9.90 Å². The molecule has 27 heavy (non-hydrogen) atoms. The van der Waals surface area contributed by atoms with Gasteiger partial charge in [-0.05, 0) is 30.4 Å². The van der Waals surface area contributed by atoms with Crippen molar-refractivity contribution in [2.24, 2.45) is 5.92 Å². The molecule has 1 saturated heterocycles. The highest BCUT2D eigenvalue weighted by atomic mass is 16.3. The van der Waals surface area contributed by atoms with Crippen molar-refractivity contribution in [1.82, 2.24) is 10.2 Å². The highest BCUT2D eigenvalue weighted by molar-refractivity contribution is 5.75. The van der Waals surface area contributed by atoms with Gasteiger partial charge in [-0.1, -0.05) is 73.5 Å². The third kappa shape index (κ3) is 3.86. The normalized spacial score (nSPS) is 25.1. The van der Waals surface area contributed by atoms with Gasteiger partial charge in [0.2, 0.25) is 0 Å². The van der Waals surface area contributed by atoms with Gasteiger partial charge in [0.15, 0.2) is 0 Å². The first-order valence-corrected chi connectivity index (χ1v) is 10.0. The molecule has 2 fully saturated rings. The molecule has 0 aromatic heterocycles. The van der Waals surface area contributed by atoms with Crippen LogP contribution in [0.15, 0.2) is 60.7 Å². The lowest BCUT2D eigenvalue weighted by molar-refractivity contribution is -0.0871. The number of carbonyl (C=O) groups is 1. The summed E-state index contributed by atoms with van der Waals surface area (Å²) in [6, 6.07) is 20.0. The summed E-state index contributed by atoms with van der Waals surface area (Å²) < 4.78 is 0. The number of amides is 2. The molecule has 0 radical (unpaired) electrons. The van der Waals surface area contributed by atoms with E-state index < -0.39 is 5.60 Å². The Labute approximate surface area is 161 Å². The van der Waals surface area contributed by atoms with Crippen molar-refractivity contribution in [3.63, 3.8) is 0 Å². The second-order valence-corrected chi connectivity index (χ2v) is 7.95. The molecule has 1 aliphatic carbocycles. The second-order valence-electron chi connectivity index (χ2n) is 7.95. The minimum absolute atomic E-state index is 0.0414. The van der Waals surface area contributed by atoms with Crippen LogP contribution in [0.4, 0.5) is 4.79 Å². The van der Waals surface area contributed by atoms with Crippen LogP contribution in [0, 0.1) is 5.92 Å². The first kappa shape index (κ1) is 18.1. The number of likely N-dealkylation sites (tertiary alicyclic amines) is 1. The number of hydrogen-bond acceptors (Lipinski definition) is 2. The van der Waals surface area contributed by atoms with Crippen LogP contribution in [0.2, 0.25) is 0 Å². The summed E-state index contributed by atoms with van der Waals surface area (Å²) in [6.07, 6.45) is 4.83. The van der Waals surface area contributed by atoms with Gasteiger partial charge in [-0.25, -0.2) is 4.79 Å². The summed E-state index contributed by atoms with van der Waals surface area (Å²) in [5.74, 6) is 0.206. The first-order valence-electron chi connectivity index (χ1n) is 10.0. The number of urea groups is 1. The zero-order valence-electron chi connectivity index (χ0n) is 15.7. The number of piperidine rings is 1. The fraction of sp³-hybridized carbons (Fsp3) is 0.435. The molecule has 2 aromatic rings. The largest absolute Gasteiger partial charge is 0.389 e. The second kappa shape index (κ2) is 7.73. The van der Waals surface area contributed by atoms with Crippen molar-refractivity contribution in [3.8, 4) is 0 Å². The van der Waals surface area contributed by atoms with Crippen LogP contribution in [-0.4, -0.2) is 34.7 Å². The van der Waals surface area contributed by atoms with Crippen molar-refractivity contribution in [3.05, 3.63) is 71.8 Å². The zero-order valence-corrected chi connectivity index (χ0v) is 15.7. The number of nitrogens with one attached hydrogen (secondary N) is 1. The van der Waals surface area contributed by atoms with Gasteiger partial charge < -0.3 is 15.3 Å². The Kier molecular flexibility index (Phi) is 5.17. The predicted octanol–water partition coefficient (Wildman–Crippen LogP) is 4.11. The van der Waals surface area contributed by atoms with Crippen LogP contribution in [0.1, 0.15) is 49.3 Å². The zero-order chi connectivity index (χ0) is 18.7. The Morgan fingerprint density at radius 3 is 2.26 bits per heavy atom. The Balaban J connectivity index is 1.51. The van der Waals surface area contributed by atoms with Crippen LogP contribution in [0.5, 0.6) is 0 Å². The molecule has 4 nitrogen and oxygen atoms in total. The number of carbonyl (C=O) groups excluding carboxylic acids is 1. The predicted molar refractivity (Wildman–Crippen MR) is 106 cm³/mol. The van der Waals surface area contributed by atoms with Gasteiger partial charge in [0, 0.05) is 19.0 Å². The molecule has 1 saturated carbocycles. The highest BCUT2D eigenvalue weighted by Crippen LogP contribution is 2.39. The third-order valence-electron chi connectivity index (χ3n) is 6.25. The number of benzene rings is 2. The van der Waals surface area contributed by atoms with Crippen LogP contribution in [0.25, 0.3) is 0 Å². The molecule has 2 N–H and O–H groups in total. The van der Waals surface area contributed by atoms with Gasteiger partial charge in [-0.3, -0.25) is 0 Å². The maximum absolute atomic E-state index is 13.1. The van der Waals surface area contributed by atoms with E-state index in [1.807, 2.05) is 65.6 Å². The summed E-state index contributed by atoms with van der Waals surface area (Å²) in [7, 11) is 0. The molecule has 2 aromatic carbocycles. The van der Waals surface area contributed by atoms with Crippen molar-refractivity contribution in [1.29, 1.82) is 0 Å². The molecule has 2 atom stereocenters. The molecular weight excluding hydrogens is 336 g/mol. The van der Waals surface area contributed by atoms with Crippen molar-refractivity contribution in [2.75, 3.05) is 13.1 Å². The van der Waals surface area contributed by atoms with E-state index >= 15 is 0 Å². The Bertz CT molecular complexity index is 725. The van der Waals surface area contributed by atoms with Gasteiger partial charge in [0.1, 0.15) is 0 Å². The fourth-order valence-electron chi connectivity index (χ4n) is 4.62. The summed E-state index contributed by atoms with van der Waals surface area (Å²) in [5, 5.41) is 14.1. The van der Waals surface area contributed by atoms with Gasteiger partial charge in [0.25, 0.3) is 0 Å². The Hall–Kier alpha value is -2.33. The van der Waals surface area contributed by atoms with Crippen LogP contribution < -0.4 is 5.32 Å². The minimum atomic E-state index is -0.562. The number of aliphatic hydroxyl groups is 1. The summed E-state index contributed by atoms with van der Waals surface area (Å²) in [4.78, 5) is 15.0. The quantitative estimate of drug-likeness (QED) is 0.861. The van der Waals surface area contributed by atoms with E-state index in [4.69, 9.17) is 0 Å². The first-order chi connectivity index (χ1) is 13.2. The van der Waals surface area contributed by atoms with Crippen molar-refractivity contribution in [2.45, 2.75) is 43.7 Å². The van der Waals surface area contributed by atoms with Crippen LogP contribution in [0.3, 0.4) is 0 Å². The minimum Gasteiger partial charge on any atom is -0.389 e. The van der Waals surface area contributed by atoms with Gasteiger partial charge in [-0.2, -0.15) is 0 Å². The lowest BCUT2D eigenvalue weighted by Gasteiger charge is -2.47. The maximum atomic E-state index is 13.1. The molecule has 0 bridgehead atoms. The number of fused-ring (bicyclic) bond motifs is 1. The summed E-state index contributed by atoms with van der Waals surface area (Å²) >= 11 is 0. The monoisotopic (exact) mass is 364 g/mol. The van der Waals surface area contributed by atoms with Gasteiger partial charge >= 0.3 is 6.03 Å². The standard InChI is InChI=1S/C23H28N2O2/c26-22(25-16-15-23(27)14-8-7-13-20(23)17-25)24-21(18-9-3-1-4-10-18)19-11-5-2-6-12-19/h1-6,9-12,20-21,27H,7-8,13-17H2,(H,24,26)/t20-,23-/m0/s1. The average molecular weight is 364 g/mol. The molecule has 0 unspecified atom stereocenters. The highest BCUT2D eigenvalue weighted by Gasteiger charge is 2.43. The molecule has 2 amide bonds. The summed E-state index contributed by atoms with van der Waals surface area (Å²) in [5.41, 5.74) is 1.58.